The molecule has 6 nitrogen and oxygen atoms in total. The zero-order chi connectivity index (χ0) is 26.7. The Morgan fingerprint density at radius 2 is 1.33 bits per heavy atom. The molecule has 0 saturated heterocycles. The summed E-state index contributed by atoms with van der Waals surface area (Å²) in [5.41, 5.74) is 2.38. The van der Waals surface area contributed by atoms with Crippen molar-refractivity contribution in [1.29, 1.82) is 0 Å². The molecule has 0 aliphatic carbocycles. The molecule has 0 heterocycles. The van der Waals surface area contributed by atoms with Crippen LogP contribution < -0.4 is 10.6 Å². The molecule has 1 atom stereocenters. The van der Waals surface area contributed by atoms with E-state index in [1.54, 1.807) is 31.2 Å². The molecule has 0 bridgehead atoms. The van der Waals surface area contributed by atoms with Crippen molar-refractivity contribution < 1.29 is 19.5 Å². The Labute approximate surface area is 232 Å². The van der Waals surface area contributed by atoms with Crippen molar-refractivity contribution in [1.82, 2.24) is 0 Å². The maximum Gasteiger partial charge on any atom is 0.338 e. The molecular weight excluding hydrogens is 566 g/mol. The van der Waals surface area contributed by atoms with Crippen molar-refractivity contribution in [2.24, 2.45) is 0 Å². The first-order valence-corrected chi connectivity index (χ1v) is 12.8. The van der Waals surface area contributed by atoms with Gasteiger partial charge in [0.1, 0.15) is 0 Å². The number of hydrogen-bond donors (Lipinski definition) is 3. The Bertz CT molecular complexity index is 1360. The number of carbonyl (C=O) groups excluding carboxylic acids is 2. The SMILES string of the molecule is Cc1ccc(NC(=O)C(C)Sc2ccc(NC(=O)c3c(Cl)c(Cl)c(Cl)c(Cl)c3C(=O)O)cc2)cc1C. The van der Waals surface area contributed by atoms with E-state index in [0.717, 1.165) is 21.7 Å². The van der Waals surface area contributed by atoms with Crippen LogP contribution in [0.3, 0.4) is 0 Å². The predicted molar refractivity (Wildman–Crippen MR) is 148 cm³/mol. The molecule has 0 aromatic heterocycles. The summed E-state index contributed by atoms with van der Waals surface area (Å²) in [6, 6.07) is 12.4. The van der Waals surface area contributed by atoms with Crippen molar-refractivity contribution in [3.63, 3.8) is 0 Å². The maximum absolute atomic E-state index is 12.9. The van der Waals surface area contributed by atoms with E-state index in [0.29, 0.717) is 5.69 Å². The molecule has 3 rings (SSSR count). The molecule has 11 heteroatoms. The van der Waals surface area contributed by atoms with Gasteiger partial charge in [-0.05, 0) is 68.3 Å². The van der Waals surface area contributed by atoms with Gasteiger partial charge in [-0.1, -0.05) is 52.5 Å². The normalized spacial score (nSPS) is 11.6. The van der Waals surface area contributed by atoms with Crippen molar-refractivity contribution in [2.45, 2.75) is 30.9 Å². The van der Waals surface area contributed by atoms with E-state index in [9.17, 15) is 19.5 Å². The highest BCUT2D eigenvalue weighted by molar-refractivity contribution is 8.00. The second-order valence-corrected chi connectivity index (χ2v) is 10.8. The van der Waals surface area contributed by atoms with Gasteiger partial charge < -0.3 is 15.7 Å². The van der Waals surface area contributed by atoms with Crippen LogP contribution in [0.1, 0.15) is 38.8 Å². The van der Waals surface area contributed by atoms with E-state index in [4.69, 9.17) is 46.4 Å². The summed E-state index contributed by atoms with van der Waals surface area (Å²) < 4.78 is 0. The molecule has 36 heavy (non-hydrogen) atoms. The number of carboxylic acids is 1. The first-order chi connectivity index (χ1) is 16.9. The third-order valence-corrected chi connectivity index (χ3v) is 8.19. The smallest absolute Gasteiger partial charge is 0.338 e. The number of rotatable bonds is 7. The maximum atomic E-state index is 12.9. The fraction of sp³-hybridized carbons (Fsp3) is 0.160. The van der Waals surface area contributed by atoms with Crippen LogP contribution in [0, 0.1) is 13.8 Å². The van der Waals surface area contributed by atoms with Gasteiger partial charge in [0.2, 0.25) is 5.91 Å². The molecular formula is C25H20Cl4N2O4S. The van der Waals surface area contributed by atoms with E-state index in [1.807, 2.05) is 32.0 Å². The summed E-state index contributed by atoms with van der Waals surface area (Å²) in [4.78, 5) is 38.0. The van der Waals surface area contributed by atoms with Crippen molar-refractivity contribution in [3.05, 3.63) is 84.8 Å². The van der Waals surface area contributed by atoms with Crippen LogP contribution in [0.25, 0.3) is 0 Å². The number of hydrogen-bond acceptors (Lipinski definition) is 4. The fourth-order valence-corrected chi connectivity index (χ4v) is 5.06. The second kappa shape index (κ2) is 11.8. The van der Waals surface area contributed by atoms with Gasteiger partial charge in [-0.2, -0.15) is 0 Å². The average Bonchev–Trinajstić information content (AvgIpc) is 2.83. The molecule has 0 spiro atoms. The predicted octanol–water partition coefficient (Wildman–Crippen LogP) is 7.99. The lowest BCUT2D eigenvalue weighted by Gasteiger charge is -2.15. The monoisotopic (exact) mass is 584 g/mol. The Balaban J connectivity index is 1.71. The van der Waals surface area contributed by atoms with Gasteiger partial charge in [-0.3, -0.25) is 9.59 Å². The molecule has 0 fully saturated rings. The third kappa shape index (κ3) is 6.28. The van der Waals surface area contributed by atoms with Crippen LogP contribution in [0.5, 0.6) is 0 Å². The van der Waals surface area contributed by atoms with E-state index < -0.39 is 23.0 Å². The number of carbonyl (C=O) groups is 3. The lowest BCUT2D eigenvalue weighted by molar-refractivity contribution is -0.115. The van der Waals surface area contributed by atoms with Gasteiger partial charge in [0.25, 0.3) is 5.91 Å². The molecule has 0 saturated carbocycles. The highest BCUT2D eigenvalue weighted by Gasteiger charge is 2.29. The number of thioether (sulfide) groups is 1. The van der Waals surface area contributed by atoms with Crippen molar-refractivity contribution in [2.75, 3.05) is 10.6 Å². The standard InChI is InChI=1S/C25H20Cl4N2O4S/c1-11-4-5-15(10-12(11)2)31-23(32)13(3)36-16-8-6-14(7-9-16)30-24(33)17-18(25(34)35)20(27)22(29)21(28)19(17)26/h4-10,13H,1-3H3,(H,30,33)(H,31,32)(H,34,35). The molecule has 3 aromatic rings. The van der Waals surface area contributed by atoms with Crippen LogP contribution in [0.2, 0.25) is 20.1 Å². The van der Waals surface area contributed by atoms with Gasteiger partial charge >= 0.3 is 5.97 Å². The Kier molecular flexibility index (Phi) is 9.19. The minimum atomic E-state index is -1.48. The number of amides is 2. The number of halogens is 4. The van der Waals surface area contributed by atoms with Gasteiger partial charge in [0, 0.05) is 16.3 Å². The lowest BCUT2D eigenvalue weighted by Crippen LogP contribution is -2.22. The molecule has 188 valence electrons. The van der Waals surface area contributed by atoms with E-state index in [-0.39, 0.29) is 31.2 Å². The number of benzene rings is 3. The zero-order valence-electron chi connectivity index (χ0n) is 19.2. The van der Waals surface area contributed by atoms with E-state index in [2.05, 4.69) is 10.6 Å². The van der Waals surface area contributed by atoms with Crippen LogP contribution in [-0.4, -0.2) is 28.1 Å². The molecule has 1 unspecified atom stereocenters. The van der Waals surface area contributed by atoms with Crippen LogP contribution in [0.4, 0.5) is 11.4 Å². The first kappa shape index (κ1) is 28.2. The number of aromatic carboxylic acids is 1. The quantitative estimate of drug-likeness (QED) is 0.148. The minimum absolute atomic E-state index is 0.145. The van der Waals surface area contributed by atoms with Crippen LogP contribution in [0.15, 0.2) is 47.4 Å². The van der Waals surface area contributed by atoms with Gasteiger partial charge in [0.05, 0.1) is 36.5 Å². The lowest BCUT2D eigenvalue weighted by atomic mass is 10.1. The Morgan fingerprint density at radius 3 is 1.89 bits per heavy atom. The number of aryl methyl sites for hydroxylation is 2. The summed E-state index contributed by atoms with van der Waals surface area (Å²) in [5, 5.41) is 13.4. The molecule has 0 aliphatic heterocycles. The fourth-order valence-electron chi connectivity index (χ4n) is 3.18. The summed E-state index contributed by atoms with van der Waals surface area (Å²) in [6.07, 6.45) is 0. The summed E-state index contributed by atoms with van der Waals surface area (Å²) in [6.45, 7) is 5.78. The Hall–Kier alpha value is -2.42. The average molecular weight is 586 g/mol. The van der Waals surface area contributed by atoms with Crippen LogP contribution >= 0.6 is 58.2 Å². The first-order valence-electron chi connectivity index (χ1n) is 10.5. The van der Waals surface area contributed by atoms with Crippen molar-refractivity contribution in [3.8, 4) is 0 Å². The number of nitrogens with one attached hydrogen (secondary N) is 2. The largest absolute Gasteiger partial charge is 0.478 e. The molecule has 3 N–H and O–H groups in total. The Morgan fingerprint density at radius 1 is 0.778 bits per heavy atom. The summed E-state index contributed by atoms with van der Waals surface area (Å²) >= 11 is 25.4. The van der Waals surface area contributed by atoms with Crippen LogP contribution in [-0.2, 0) is 4.79 Å². The molecule has 0 radical (unpaired) electrons. The molecule has 2 amide bonds. The summed E-state index contributed by atoms with van der Waals surface area (Å²) in [7, 11) is 0. The minimum Gasteiger partial charge on any atom is -0.478 e. The topological polar surface area (TPSA) is 95.5 Å². The number of anilines is 2. The molecule has 0 aliphatic rings. The zero-order valence-corrected chi connectivity index (χ0v) is 23.1. The highest BCUT2D eigenvalue weighted by atomic mass is 35.5. The van der Waals surface area contributed by atoms with Gasteiger partial charge in [-0.25, -0.2) is 4.79 Å². The second-order valence-electron chi connectivity index (χ2n) is 7.84. The van der Waals surface area contributed by atoms with Gasteiger partial charge in [0.15, 0.2) is 0 Å². The van der Waals surface area contributed by atoms with Gasteiger partial charge in [-0.15, -0.1) is 11.8 Å². The van der Waals surface area contributed by atoms with E-state index >= 15 is 0 Å². The van der Waals surface area contributed by atoms with E-state index in [1.165, 1.54) is 11.8 Å². The van der Waals surface area contributed by atoms with Crippen molar-refractivity contribution >= 4 is 87.3 Å². The summed E-state index contributed by atoms with van der Waals surface area (Å²) in [5.74, 6) is -2.45. The highest BCUT2D eigenvalue weighted by Crippen LogP contribution is 2.42. The number of carboxylic acid groups (broad SMARTS) is 1. The third-order valence-electron chi connectivity index (χ3n) is 5.28. The molecule has 3 aromatic carbocycles.